The molecular formula is C16H28N3S+. The van der Waals surface area contributed by atoms with E-state index in [1.807, 2.05) is 0 Å². The summed E-state index contributed by atoms with van der Waals surface area (Å²) in [5.74, 6) is 0. The number of anilines is 1. The molecule has 1 rings (SSSR count). The molecule has 1 aromatic carbocycles. The Morgan fingerprint density at radius 3 is 2.45 bits per heavy atom. The number of unbranched alkanes of at least 4 members (excludes halogenated alkanes) is 2. The molecule has 4 heteroatoms. The van der Waals surface area contributed by atoms with Gasteiger partial charge in [0.25, 0.3) is 0 Å². The van der Waals surface area contributed by atoms with Gasteiger partial charge in [0.1, 0.15) is 0 Å². The second-order valence-electron chi connectivity index (χ2n) is 5.49. The zero-order valence-electron chi connectivity index (χ0n) is 13.0. The molecule has 112 valence electrons. The minimum atomic E-state index is 0.699. The summed E-state index contributed by atoms with van der Waals surface area (Å²) < 4.78 is 0. The molecule has 0 atom stereocenters. The minimum absolute atomic E-state index is 0.699. The van der Waals surface area contributed by atoms with Gasteiger partial charge in [-0.25, -0.2) is 0 Å². The van der Waals surface area contributed by atoms with Crippen molar-refractivity contribution in [2.45, 2.75) is 32.6 Å². The Bertz CT molecular complexity index is 387. The van der Waals surface area contributed by atoms with E-state index in [9.17, 15) is 0 Å². The van der Waals surface area contributed by atoms with Crippen LogP contribution in [0.1, 0.15) is 31.7 Å². The first-order chi connectivity index (χ1) is 9.61. The topological polar surface area (TPSA) is 28.5 Å². The highest BCUT2D eigenvalue weighted by atomic mass is 32.1. The molecule has 0 heterocycles. The fraction of sp³-hybridized carbons (Fsp3) is 0.562. The molecular weight excluding hydrogens is 266 g/mol. The molecule has 0 saturated carbocycles. The van der Waals surface area contributed by atoms with Gasteiger partial charge >= 0.3 is 0 Å². The average Bonchev–Trinajstić information content (AvgIpc) is 2.40. The fourth-order valence-corrected chi connectivity index (χ4v) is 2.16. The van der Waals surface area contributed by atoms with Crippen LogP contribution >= 0.6 is 12.2 Å². The van der Waals surface area contributed by atoms with Crippen molar-refractivity contribution in [2.75, 3.05) is 32.5 Å². The third-order valence-corrected chi connectivity index (χ3v) is 3.44. The lowest BCUT2D eigenvalue weighted by atomic mass is 10.1. The average molecular weight is 294 g/mol. The molecule has 0 amide bonds. The normalized spacial score (nSPS) is 10.6. The number of quaternary nitrogens is 1. The number of likely N-dealkylation sites (N-methyl/N-ethyl adjacent to an activating group) is 1. The van der Waals surface area contributed by atoms with Gasteiger partial charge in [0.05, 0.1) is 27.2 Å². The van der Waals surface area contributed by atoms with E-state index < -0.39 is 0 Å². The van der Waals surface area contributed by atoms with E-state index in [0.29, 0.717) is 5.11 Å². The monoisotopic (exact) mass is 294 g/mol. The highest BCUT2D eigenvalue weighted by Gasteiger charge is 1.99. The van der Waals surface area contributed by atoms with Gasteiger partial charge in [0.15, 0.2) is 5.11 Å². The molecule has 0 unspecified atom stereocenters. The molecule has 0 aliphatic carbocycles. The summed E-state index contributed by atoms with van der Waals surface area (Å²) in [5, 5.41) is 7.14. The van der Waals surface area contributed by atoms with Crippen LogP contribution < -0.4 is 15.5 Å². The molecule has 3 N–H and O–H groups in total. The summed E-state index contributed by atoms with van der Waals surface area (Å²) in [6.45, 7) is 4.18. The Labute approximate surface area is 128 Å². The van der Waals surface area contributed by atoms with Crippen LogP contribution in [0.5, 0.6) is 0 Å². The number of thiocarbonyl (C=S) groups is 1. The Kier molecular flexibility index (Phi) is 8.23. The van der Waals surface area contributed by atoms with Crippen LogP contribution in [-0.2, 0) is 6.42 Å². The number of hydrogen-bond donors (Lipinski definition) is 3. The highest BCUT2D eigenvalue weighted by molar-refractivity contribution is 7.80. The first-order valence-corrected chi connectivity index (χ1v) is 7.95. The first-order valence-electron chi connectivity index (χ1n) is 7.54. The van der Waals surface area contributed by atoms with Crippen molar-refractivity contribution >= 4 is 23.0 Å². The standard InChI is InChI=1S/C16H27N3S/c1-4-5-6-7-14-8-10-15(11-9-14)18-16(20)17-12-13-19(2)3/h8-11H,4-7,12-13H2,1-3H3,(H2,17,18,20)/p+1. The Morgan fingerprint density at radius 2 is 1.85 bits per heavy atom. The Hall–Kier alpha value is -1.13. The molecule has 0 saturated heterocycles. The van der Waals surface area contributed by atoms with E-state index in [4.69, 9.17) is 12.2 Å². The molecule has 0 aliphatic heterocycles. The number of rotatable bonds is 8. The van der Waals surface area contributed by atoms with Crippen LogP contribution in [0.25, 0.3) is 0 Å². The zero-order chi connectivity index (χ0) is 14.8. The van der Waals surface area contributed by atoms with Gasteiger partial charge in [-0.05, 0) is 42.8 Å². The molecule has 20 heavy (non-hydrogen) atoms. The summed E-state index contributed by atoms with van der Waals surface area (Å²) in [6, 6.07) is 8.58. The van der Waals surface area contributed by atoms with Crippen LogP contribution in [0.3, 0.4) is 0 Å². The van der Waals surface area contributed by atoms with Gasteiger partial charge in [0, 0.05) is 5.69 Å². The van der Waals surface area contributed by atoms with E-state index in [-0.39, 0.29) is 0 Å². The Balaban J connectivity index is 2.31. The largest absolute Gasteiger partial charge is 0.357 e. The van der Waals surface area contributed by atoms with Gasteiger partial charge in [-0.2, -0.15) is 0 Å². The van der Waals surface area contributed by atoms with Crippen LogP contribution in [0.15, 0.2) is 24.3 Å². The number of hydrogen-bond acceptors (Lipinski definition) is 1. The summed E-state index contributed by atoms with van der Waals surface area (Å²) in [7, 11) is 4.27. The van der Waals surface area contributed by atoms with Gasteiger partial charge < -0.3 is 15.5 Å². The van der Waals surface area contributed by atoms with Crippen molar-refractivity contribution in [1.29, 1.82) is 0 Å². The minimum Gasteiger partial charge on any atom is -0.357 e. The van der Waals surface area contributed by atoms with Crippen molar-refractivity contribution < 1.29 is 4.90 Å². The maximum Gasteiger partial charge on any atom is 0.170 e. The smallest absolute Gasteiger partial charge is 0.170 e. The molecule has 0 radical (unpaired) electrons. The molecule has 0 bridgehead atoms. The predicted molar refractivity (Wildman–Crippen MR) is 91.6 cm³/mol. The van der Waals surface area contributed by atoms with Gasteiger partial charge in [-0.1, -0.05) is 31.9 Å². The summed E-state index contributed by atoms with van der Waals surface area (Å²) in [4.78, 5) is 1.41. The fourth-order valence-electron chi connectivity index (χ4n) is 1.94. The highest BCUT2D eigenvalue weighted by Crippen LogP contribution is 2.12. The predicted octanol–water partition coefficient (Wildman–Crippen LogP) is 1.85. The summed E-state index contributed by atoms with van der Waals surface area (Å²) in [5.41, 5.74) is 2.46. The number of benzene rings is 1. The third-order valence-electron chi connectivity index (χ3n) is 3.19. The van der Waals surface area contributed by atoms with E-state index in [1.165, 1.54) is 36.1 Å². The lowest BCUT2D eigenvalue weighted by Gasteiger charge is -2.12. The molecule has 1 aromatic rings. The summed E-state index contributed by atoms with van der Waals surface area (Å²) >= 11 is 5.28. The van der Waals surface area contributed by atoms with Crippen molar-refractivity contribution in [2.24, 2.45) is 0 Å². The maximum absolute atomic E-state index is 5.28. The third kappa shape index (κ3) is 7.46. The first kappa shape index (κ1) is 16.9. The molecule has 0 aliphatic rings. The van der Waals surface area contributed by atoms with Crippen molar-refractivity contribution in [3.63, 3.8) is 0 Å². The molecule has 0 spiro atoms. The van der Waals surface area contributed by atoms with Gasteiger partial charge in [-0.15, -0.1) is 0 Å². The van der Waals surface area contributed by atoms with Crippen molar-refractivity contribution in [3.8, 4) is 0 Å². The summed E-state index contributed by atoms with van der Waals surface area (Å²) in [6.07, 6.45) is 5.02. The lowest BCUT2D eigenvalue weighted by Crippen LogP contribution is -3.06. The van der Waals surface area contributed by atoms with Gasteiger partial charge in [0.2, 0.25) is 0 Å². The maximum atomic E-state index is 5.28. The van der Waals surface area contributed by atoms with Crippen LogP contribution in [0, 0.1) is 0 Å². The van der Waals surface area contributed by atoms with Gasteiger partial charge in [-0.3, -0.25) is 0 Å². The van der Waals surface area contributed by atoms with Crippen molar-refractivity contribution in [3.05, 3.63) is 29.8 Å². The molecule has 0 fully saturated rings. The lowest BCUT2D eigenvalue weighted by molar-refractivity contribution is -0.856. The van der Waals surface area contributed by atoms with E-state index in [2.05, 4.69) is 55.9 Å². The SMILES string of the molecule is CCCCCc1ccc(NC(=S)NCC[NH+](C)C)cc1. The second-order valence-corrected chi connectivity index (χ2v) is 5.90. The number of aryl methyl sites for hydroxylation is 1. The zero-order valence-corrected chi connectivity index (χ0v) is 13.8. The quantitative estimate of drug-likeness (QED) is 0.505. The second kappa shape index (κ2) is 9.72. The van der Waals surface area contributed by atoms with Crippen LogP contribution in [-0.4, -0.2) is 32.3 Å². The molecule has 0 aromatic heterocycles. The molecule has 3 nitrogen and oxygen atoms in total. The van der Waals surface area contributed by atoms with E-state index in [0.717, 1.165) is 18.8 Å². The number of nitrogens with one attached hydrogen (secondary N) is 3. The van der Waals surface area contributed by atoms with E-state index in [1.54, 1.807) is 0 Å². The van der Waals surface area contributed by atoms with Crippen molar-refractivity contribution in [1.82, 2.24) is 5.32 Å². The van der Waals surface area contributed by atoms with Crippen LogP contribution in [0.2, 0.25) is 0 Å². The van der Waals surface area contributed by atoms with E-state index >= 15 is 0 Å². The Morgan fingerprint density at radius 1 is 1.15 bits per heavy atom. The van der Waals surface area contributed by atoms with Crippen LogP contribution in [0.4, 0.5) is 5.69 Å².